The van der Waals surface area contributed by atoms with Gasteiger partial charge in [-0.25, -0.2) is 0 Å². The van der Waals surface area contributed by atoms with Gasteiger partial charge in [0.15, 0.2) is 4.34 Å². The summed E-state index contributed by atoms with van der Waals surface area (Å²) < 4.78 is 6.00. The summed E-state index contributed by atoms with van der Waals surface area (Å²) in [5.41, 5.74) is 1.46. The third kappa shape index (κ3) is 4.49. The van der Waals surface area contributed by atoms with Crippen LogP contribution >= 0.6 is 34.7 Å². The molecule has 0 aliphatic heterocycles. The van der Waals surface area contributed by atoms with Crippen LogP contribution in [0.4, 0.5) is 10.8 Å². The van der Waals surface area contributed by atoms with Gasteiger partial charge in [0.05, 0.1) is 18.0 Å². The summed E-state index contributed by atoms with van der Waals surface area (Å²) in [6.07, 6.45) is 0. The molecule has 1 amide bonds. The predicted molar refractivity (Wildman–Crippen MR) is 96.1 cm³/mol. The Hall–Kier alpha value is -1.51. The van der Waals surface area contributed by atoms with Gasteiger partial charge in [0, 0.05) is 18.1 Å². The molecule has 0 saturated carbocycles. The Bertz CT molecular complexity index is 708. The topological polar surface area (TPSA) is 76.1 Å². The molecule has 0 bridgehead atoms. The summed E-state index contributed by atoms with van der Waals surface area (Å²) in [7, 11) is 3.32. The fourth-order valence-electron chi connectivity index (χ4n) is 1.73. The van der Waals surface area contributed by atoms with Gasteiger partial charge in [-0.1, -0.05) is 34.7 Å². The number of ether oxygens (including phenoxy) is 1. The first-order valence-corrected chi connectivity index (χ1v) is 8.85. The number of hydrogen-bond acceptors (Lipinski definition) is 7. The summed E-state index contributed by atoms with van der Waals surface area (Å²) in [5, 5.41) is 14.7. The molecule has 0 saturated heterocycles. The van der Waals surface area contributed by atoms with Gasteiger partial charge in [0.25, 0.3) is 0 Å². The van der Waals surface area contributed by atoms with Crippen LogP contribution < -0.4 is 15.4 Å². The number of amides is 1. The second-order valence-electron chi connectivity index (χ2n) is 4.67. The minimum atomic E-state index is -0.326. The lowest BCUT2D eigenvalue weighted by atomic mass is 10.2. The van der Waals surface area contributed by atoms with E-state index in [0.29, 0.717) is 16.5 Å². The van der Waals surface area contributed by atoms with Gasteiger partial charge in [-0.2, -0.15) is 0 Å². The zero-order chi connectivity index (χ0) is 17.0. The Morgan fingerprint density at radius 2 is 2.17 bits per heavy atom. The summed E-state index contributed by atoms with van der Waals surface area (Å²) >= 11 is 8.83. The Kier molecular flexibility index (Phi) is 6.09. The molecule has 2 rings (SSSR count). The average molecular weight is 373 g/mol. The minimum Gasteiger partial charge on any atom is -0.495 e. The lowest BCUT2D eigenvalue weighted by Gasteiger charge is -2.14. The number of carbonyl (C=O) groups excluding carboxylic acids is 1. The SMILES string of the molecule is CNc1nnc(S[C@H](C)C(=O)Nc2cc(C)c(Cl)cc2OC)s1. The van der Waals surface area contributed by atoms with Crippen molar-refractivity contribution >= 4 is 51.4 Å². The molecule has 2 aromatic rings. The van der Waals surface area contributed by atoms with Crippen molar-refractivity contribution in [2.75, 3.05) is 24.8 Å². The molecule has 23 heavy (non-hydrogen) atoms. The largest absolute Gasteiger partial charge is 0.495 e. The third-order valence-electron chi connectivity index (χ3n) is 3.01. The number of nitrogens with one attached hydrogen (secondary N) is 2. The van der Waals surface area contributed by atoms with Crippen molar-refractivity contribution in [1.29, 1.82) is 0 Å². The molecule has 2 N–H and O–H groups in total. The Labute approximate surface area is 148 Å². The molecule has 9 heteroatoms. The molecule has 0 radical (unpaired) electrons. The first-order chi connectivity index (χ1) is 10.9. The van der Waals surface area contributed by atoms with E-state index in [-0.39, 0.29) is 11.2 Å². The van der Waals surface area contributed by atoms with Crippen LogP contribution in [0, 0.1) is 6.92 Å². The number of methoxy groups -OCH3 is 1. The second kappa shape index (κ2) is 7.85. The molecule has 0 aliphatic rings. The smallest absolute Gasteiger partial charge is 0.237 e. The van der Waals surface area contributed by atoms with Crippen LogP contribution in [0.25, 0.3) is 0 Å². The van der Waals surface area contributed by atoms with Gasteiger partial charge in [0.2, 0.25) is 11.0 Å². The summed E-state index contributed by atoms with van der Waals surface area (Å²) in [6.45, 7) is 3.69. The van der Waals surface area contributed by atoms with E-state index in [1.165, 1.54) is 30.2 Å². The Morgan fingerprint density at radius 3 is 2.78 bits per heavy atom. The lowest BCUT2D eigenvalue weighted by molar-refractivity contribution is -0.115. The van der Waals surface area contributed by atoms with Crippen LogP contribution in [0.3, 0.4) is 0 Å². The van der Waals surface area contributed by atoms with Crippen molar-refractivity contribution < 1.29 is 9.53 Å². The number of carbonyl (C=O) groups is 1. The number of aromatic nitrogens is 2. The first-order valence-electron chi connectivity index (χ1n) is 6.77. The highest BCUT2D eigenvalue weighted by atomic mass is 35.5. The van der Waals surface area contributed by atoms with Gasteiger partial charge in [0.1, 0.15) is 5.75 Å². The highest BCUT2D eigenvalue weighted by Crippen LogP contribution is 2.33. The maximum absolute atomic E-state index is 12.4. The first kappa shape index (κ1) is 17.8. The number of anilines is 2. The highest BCUT2D eigenvalue weighted by Gasteiger charge is 2.19. The standard InChI is InChI=1S/C14H17ClN4O2S2/c1-7-5-10(11(21-4)6-9(7)15)17-12(20)8(2)22-14-19-18-13(16-3)23-14/h5-6,8H,1-4H3,(H,16,18)(H,17,20)/t8-/m1/s1. The van der Waals surface area contributed by atoms with Crippen LogP contribution in [0.1, 0.15) is 12.5 Å². The van der Waals surface area contributed by atoms with E-state index in [9.17, 15) is 4.79 Å². The zero-order valence-electron chi connectivity index (χ0n) is 13.1. The number of hydrogen-bond donors (Lipinski definition) is 2. The molecule has 1 aromatic heterocycles. The number of nitrogens with zero attached hydrogens (tertiary/aromatic N) is 2. The summed E-state index contributed by atoms with van der Waals surface area (Å²) in [4.78, 5) is 12.4. The van der Waals surface area contributed by atoms with Crippen LogP contribution in [-0.4, -0.2) is 35.5 Å². The zero-order valence-corrected chi connectivity index (χ0v) is 15.5. The van der Waals surface area contributed by atoms with Crippen LogP contribution in [-0.2, 0) is 4.79 Å². The van der Waals surface area contributed by atoms with E-state index in [1.54, 1.807) is 19.2 Å². The van der Waals surface area contributed by atoms with Crippen LogP contribution in [0.2, 0.25) is 5.02 Å². The molecule has 0 aliphatic carbocycles. The molecule has 1 aromatic carbocycles. The highest BCUT2D eigenvalue weighted by molar-refractivity contribution is 8.02. The number of thioether (sulfide) groups is 1. The number of aryl methyl sites for hydroxylation is 1. The molecular formula is C14H17ClN4O2S2. The summed E-state index contributed by atoms with van der Waals surface area (Å²) in [5.74, 6) is 0.385. The van der Waals surface area contributed by atoms with Gasteiger partial charge in [-0.15, -0.1) is 10.2 Å². The monoisotopic (exact) mass is 372 g/mol. The number of benzene rings is 1. The maximum atomic E-state index is 12.4. The lowest BCUT2D eigenvalue weighted by Crippen LogP contribution is -2.22. The van der Waals surface area contributed by atoms with E-state index in [1.807, 2.05) is 13.8 Å². The molecule has 6 nitrogen and oxygen atoms in total. The van der Waals surface area contributed by atoms with E-state index in [2.05, 4.69) is 20.8 Å². The fourth-order valence-corrected chi connectivity index (χ4v) is 3.73. The molecular weight excluding hydrogens is 356 g/mol. The minimum absolute atomic E-state index is 0.142. The molecule has 0 fully saturated rings. The summed E-state index contributed by atoms with van der Waals surface area (Å²) in [6, 6.07) is 3.48. The second-order valence-corrected chi connectivity index (χ2v) is 7.65. The van der Waals surface area contributed by atoms with Crippen molar-refractivity contribution in [2.45, 2.75) is 23.4 Å². The van der Waals surface area contributed by atoms with E-state index < -0.39 is 0 Å². The number of rotatable bonds is 6. The predicted octanol–water partition coefficient (Wildman–Crippen LogP) is 3.67. The van der Waals surface area contributed by atoms with Crippen molar-refractivity contribution in [2.24, 2.45) is 0 Å². The van der Waals surface area contributed by atoms with Crippen molar-refractivity contribution in [3.8, 4) is 5.75 Å². The maximum Gasteiger partial charge on any atom is 0.237 e. The van der Waals surface area contributed by atoms with Gasteiger partial charge in [-0.05, 0) is 25.5 Å². The molecule has 1 heterocycles. The van der Waals surface area contributed by atoms with Crippen molar-refractivity contribution in [3.63, 3.8) is 0 Å². The van der Waals surface area contributed by atoms with Gasteiger partial charge >= 0.3 is 0 Å². The van der Waals surface area contributed by atoms with E-state index >= 15 is 0 Å². The van der Waals surface area contributed by atoms with Crippen LogP contribution in [0.5, 0.6) is 5.75 Å². The van der Waals surface area contributed by atoms with Gasteiger partial charge in [-0.3, -0.25) is 4.79 Å². The fraction of sp³-hybridized carbons (Fsp3) is 0.357. The molecule has 0 unspecified atom stereocenters. The average Bonchev–Trinajstić information content (AvgIpc) is 2.98. The van der Waals surface area contributed by atoms with Gasteiger partial charge < -0.3 is 15.4 Å². The van der Waals surface area contributed by atoms with Crippen molar-refractivity contribution in [1.82, 2.24) is 10.2 Å². The van der Waals surface area contributed by atoms with Crippen molar-refractivity contribution in [3.05, 3.63) is 22.7 Å². The normalized spacial score (nSPS) is 11.9. The Balaban J connectivity index is 2.07. The third-order valence-corrected chi connectivity index (χ3v) is 5.54. The van der Waals surface area contributed by atoms with Crippen LogP contribution in [0.15, 0.2) is 16.5 Å². The van der Waals surface area contributed by atoms with E-state index in [0.717, 1.165) is 15.0 Å². The quantitative estimate of drug-likeness (QED) is 0.753. The number of halogens is 1. The molecule has 1 atom stereocenters. The Morgan fingerprint density at radius 1 is 1.43 bits per heavy atom. The molecule has 0 spiro atoms. The molecule has 124 valence electrons. The van der Waals surface area contributed by atoms with E-state index in [4.69, 9.17) is 16.3 Å².